The fourth-order valence-corrected chi connectivity index (χ4v) is 2.33. The van der Waals surface area contributed by atoms with Crippen molar-refractivity contribution in [3.05, 3.63) is 59.7 Å². The van der Waals surface area contributed by atoms with Gasteiger partial charge in [0.1, 0.15) is 0 Å². The van der Waals surface area contributed by atoms with Crippen LogP contribution in [0.1, 0.15) is 15.9 Å². The van der Waals surface area contributed by atoms with Crippen LogP contribution in [-0.2, 0) is 4.79 Å². The van der Waals surface area contributed by atoms with E-state index in [0.29, 0.717) is 11.3 Å². The Labute approximate surface area is 117 Å². The number of carbonyl (C=O) groups is 2. The van der Waals surface area contributed by atoms with Gasteiger partial charge in [0, 0.05) is 5.69 Å². The lowest BCUT2D eigenvalue weighted by atomic mass is 10.1. The van der Waals surface area contributed by atoms with Gasteiger partial charge in [-0.1, -0.05) is 24.3 Å². The predicted octanol–water partition coefficient (Wildman–Crippen LogP) is 2.59. The third kappa shape index (κ3) is 2.05. The highest BCUT2D eigenvalue weighted by Gasteiger charge is 2.34. The fraction of sp³-hybridized carbons (Fsp3) is 0.125. The summed E-state index contributed by atoms with van der Waals surface area (Å²) in [5.41, 5.74) is 3.21. The van der Waals surface area contributed by atoms with Crippen molar-refractivity contribution in [2.75, 3.05) is 16.9 Å². The van der Waals surface area contributed by atoms with Gasteiger partial charge in [-0.2, -0.15) is 0 Å². The molecule has 0 saturated carbocycles. The van der Waals surface area contributed by atoms with Crippen molar-refractivity contribution in [2.45, 2.75) is 6.92 Å². The molecule has 2 aromatic carbocycles. The van der Waals surface area contributed by atoms with Gasteiger partial charge in [-0.25, -0.2) is 0 Å². The third-order valence-corrected chi connectivity index (χ3v) is 3.34. The van der Waals surface area contributed by atoms with E-state index in [4.69, 9.17) is 0 Å². The average molecular weight is 266 g/mol. The molecule has 0 bridgehead atoms. The quantitative estimate of drug-likeness (QED) is 0.869. The number of amides is 1. The first-order valence-corrected chi connectivity index (χ1v) is 6.42. The molecule has 4 nitrogen and oxygen atoms in total. The van der Waals surface area contributed by atoms with Gasteiger partial charge in [0.15, 0.2) is 0 Å². The second-order valence-electron chi connectivity index (χ2n) is 4.78. The van der Waals surface area contributed by atoms with Gasteiger partial charge in [-0.15, -0.1) is 0 Å². The fourth-order valence-electron chi connectivity index (χ4n) is 2.33. The van der Waals surface area contributed by atoms with Crippen LogP contribution in [0.3, 0.4) is 0 Å². The van der Waals surface area contributed by atoms with Crippen molar-refractivity contribution in [3.63, 3.8) is 0 Å². The zero-order chi connectivity index (χ0) is 14.1. The number of ketones is 1. The van der Waals surface area contributed by atoms with Crippen molar-refractivity contribution in [1.82, 2.24) is 0 Å². The second kappa shape index (κ2) is 4.81. The van der Waals surface area contributed by atoms with Crippen LogP contribution in [0.5, 0.6) is 0 Å². The molecule has 0 atom stereocenters. The lowest BCUT2D eigenvalue weighted by Crippen LogP contribution is -2.34. The predicted molar refractivity (Wildman–Crippen MR) is 77.9 cm³/mol. The molecule has 1 amide bonds. The number of hydrogen-bond donors (Lipinski definition) is 1. The number of nitrogens with one attached hydrogen (secondary N) is 1. The SMILES string of the molecule is Cc1cccc(NCN2C(=O)C(=O)c3ccccc32)c1. The molecule has 20 heavy (non-hydrogen) atoms. The molecule has 1 aliphatic heterocycles. The highest BCUT2D eigenvalue weighted by atomic mass is 16.2. The summed E-state index contributed by atoms with van der Waals surface area (Å²) < 4.78 is 0. The molecule has 1 N–H and O–H groups in total. The smallest absolute Gasteiger partial charge is 0.300 e. The van der Waals surface area contributed by atoms with Gasteiger partial charge in [-0.05, 0) is 36.8 Å². The van der Waals surface area contributed by atoms with E-state index in [2.05, 4.69) is 5.32 Å². The summed E-state index contributed by atoms with van der Waals surface area (Å²) in [6.45, 7) is 2.29. The molecule has 0 saturated heterocycles. The Morgan fingerprint density at radius 1 is 1.05 bits per heavy atom. The van der Waals surface area contributed by atoms with Crippen LogP contribution < -0.4 is 10.2 Å². The van der Waals surface area contributed by atoms with Gasteiger partial charge in [0.05, 0.1) is 17.9 Å². The third-order valence-electron chi connectivity index (χ3n) is 3.34. The van der Waals surface area contributed by atoms with Crippen LogP contribution in [0.2, 0.25) is 0 Å². The molecule has 1 heterocycles. The molecule has 100 valence electrons. The summed E-state index contributed by atoms with van der Waals surface area (Å²) in [7, 11) is 0. The van der Waals surface area contributed by atoms with Crippen LogP contribution >= 0.6 is 0 Å². The summed E-state index contributed by atoms with van der Waals surface area (Å²) in [5.74, 6) is -0.919. The van der Waals surface area contributed by atoms with Crippen molar-refractivity contribution >= 4 is 23.1 Å². The Balaban J connectivity index is 1.81. The number of Topliss-reactive ketones (excluding diaryl/α,β-unsaturated/α-hetero) is 1. The Bertz CT molecular complexity index is 694. The van der Waals surface area contributed by atoms with Crippen LogP contribution in [0.15, 0.2) is 48.5 Å². The van der Waals surface area contributed by atoms with Gasteiger partial charge in [-0.3, -0.25) is 14.5 Å². The summed E-state index contributed by atoms with van der Waals surface area (Å²) in [4.78, 5) is 25.3. The minimum Gasteiger partial charge on any atom is -0.367 e. The Hall–Kier alpha value is -2.62. The number of nitrogens with zero attached hydrogens (tertiary/aromatic N) is 1. The van der Waals surface area contributed by atoms with E-state index in [1.165, 1.54) is 4.90 Å². The summed E-state index contributed by atoms with van der Waals surface area (Å²) in [6.07, 6.45) is 0. The molecular formula is C16H14N2O2. The van der Waals surface area contributed by atoms with Gasteiger partial charge < -0.3 is 5.32 Å². The second-order valence-corrected chi connectivity index (χ2v) is 4.78. The summed E-state index contributed by atoms with van der Waals surface area (Å²) in [5, 5.41) is 3.17. The van der Waals surface area contributed by atoms with Crippen LogP contribution in [0.25, 0.3) is 0 Å². The maximum Gasteiger partial charge on any atom is 0.300 e. The maximum absolute atomic E-state index is 12.0. The van der Waals surface area contributed by atoms with Gasteiger partial charge in [0.25, 0.3) is 5.78 Å². The van der Waals surface area contributed by atoms with E-state index < -0.39 is 11.7 Å². The molecule has 0 spiro atoms. The Morgan fingerprint density at radius 3 is 2.65 bits per heavy atom. The number of carbonyl (C=O) groups excluding carboxylic acids is 2. The first-order valence-electron chi connectivity index (χ1n) is 6.42. The normalized spacial score (nSPS) is 13.6. The minimum atomic E-state index is -0.480. The summed E-state index contributed by atoms with van der Waals surface area (Å²) in [6, 6.07) is 14.9. The lowest BCUT2D eigenvalue weighted by molar-refractivity contribution is -0.114. The molecule has 0 aliphatic carbocycles. The van der Waals surface area contributed by atoms with E-state index in [1.807, 2.05) is 37.3 Å². The standard InChI is InChI=1S/C16H14N2O2/c1-11-5-4-6-12(9-11)17-10-18-14-8-3-2-7-13(14)15(19)16(18)20/h2-9,17H,10H2,1H3. The van der Waals surface area contributed by atoms with Crippen molar-refractivity contribution in [1.29, 1.82) is 0 Å². The number of anilines is 2. The number of benzene rings is 2. The van der Waals surface area contributed by atoms with Gasteiger partial charge in [0.2, 0.25) is 0 Å². The van der Waals surface area contributed by atoms with Crippen molar-refractivity contribution in [2.24, 2.45) is 0 Å². The number of rotatable bonds is 3. The van der Waals surface area contributed by atoms with Crippen molar-refractivity contribution < 1.29 is 9.59 Å². The maximum atomic E-state index is 12.0. The van der Waals surface area contributed by atoms with E-state index >= 15 is 0 Å². The number of para-hydroxylation sites is 1. The number of hydrogen-bond acceptors (Lipinski definition) is 3. The highest BCUT2D eigenvalue weighted by molar-refractivity contribution is 6.52. The molecule has 4 heteroatoms. The van der Waals surface area contributed by atoms with Gasteiger partial charge >= 0.3 is 5.91 Å². The highest BCUT2D eigenvalue weighted by Crippen LogP contribution is 2.28. The first kappa shape index (κ1) is 12.4. The Kier molecular flexibility index (Phi) is 2.99. The van der Waals surface area contributed by atoms with E-state index in [1.54, 1.807) is 18.2 Å². The zero-order valence-corrected chi connectivity index (χ0v) is 11.1. The van der Waals surface area contributed by atoms with Crippen molar-refractivity contribution in [3.8, 4) is 0 Å². The van der Waals surface area contributed by atoms with Crippen LogP contribution in [0, 0.1) is 6.92 Å². The largest absolute Gasteiger partial charge is 0.367 e. The van der Waals surface area contributed by atoms with Crippen LogP contribution in [-0.4, -0.2) is 18.4 Å². The molecule has 2 aromatic rings. The lowest BCUT2D eigenvalue weighted by Gasteiger charge is -2.18. The minimum absolute atomic E-state index is 0.283. The molecule has 0 radical (unpaired) electrons. The number of aryl methyl sites for hydroxylation is 1. The molecule has 1 aliphatic rings. The summed E-state index contributed by atoms with van der Waals surface area (Å²) >= 11 is 0. The molecule has 3 rings (SSSR count). The molecule has 0 fully saturated rings. The van der Waals surface area contributed by atoms with Crippen LogP contribution in [0.4, 0.5) is 11.4 Å². The van der Waals surface area contributed by atoms with E-state index in [9.17, 15) is 9.59 Å². The topological polar surface area (TPSA) is 49.4 Å². The molecule has 0 aromatic heterocycles. The first-order chi connectivity index (χ1) is 9.66. The zero-order valence-electron chi connectivity index (χ0n) is 11.1. The molecule has 0 unspecified atom stereocenters. The van der Waals surface area contributed by atoms with E-state index in [0.717, 1.165) is 11.3 Å². The molecular weight excluding hydrogens is 252 g/mol. The monoisotopic (exact) mass is 266 g/mol. The van der Waals surface area contributed by atoms with E-state index in [-0.39, 0.29) is 6.67 Å². The Morgan fingerprint density at radius 2 is 1.85 bits per heavy atom. The average Bonchev–Trinajstić information content (AvgIpc) is 2.70. The number of fused-ring (bicyclic) bond motifs is 1.